The molecule has 1 aliphatic rings. The van der Waals surface area contributed by atoms with Crippen LogP contribution in [0.3, 0.4) is 0 Å². The molecule has 0 saturated carbocycles. The molecule has 1 amide bonds. The van der Waals surface area contributed by atoms with Gasteiger partial charge in [0.05, 0.1) is 23.5 Å². The van der Waals surface area contributed by atoms with E-state index in [-0.39, 0.29) is 11.8 Å². The number of carbonyl (C=O) groups is 1. The quantitative estimate of drug-likeness (QED) is 0.519. The first kappa shape index (κ1) is 19.5. The number of imidazole rings is 2. The van der Waals surface area contributed by atoms with Crippen molar-refractivity contribution in [1.29, 1.82) is 0 Å². The predicted molar refractivity (Wildman–Crippen MR) is 121 cm³/mol. The van der Waals surface area contributed by atoms with Gasteiger partial charge in [-0.3, -0.25) is 9.69 Å². The van der Waals surface area contributed by atoms with Crippen molar-refractivity contribution in [1.82, 2.24) is 24.4 Å². The van der Waals surface area contributed by atoms with Crippen LogP contribution in [0.25, 0.3) is 16.7 Å². The van der Waals surface area contributed by atoms with Crippen molar-refractivity contribution in [2.24, 2.45) is 5.92 Å². The SMILES string of the molecule is Cc1nccn1-c1ccc(NC(=O)[C@@H]2CCCN(Cc3nc4ccccc4[nH]3)C2)cc1. The lowest BCUT2D eigenvalue weighted by atomic mass is 9.97. The Kier molecular flexibility index (Phi) is 5.26. The third-order valence-electron chi connectivity index (χ3n) is 5.93. The summed E-state index contributed by atoms with van der Waals surface area (Å²) < 4.78 is 2.02. The summed E-state index contributed by atoms with van der Waals surface area (Å²) in [6, 6.07) is 16.0. The number of amides is 1. The lowest BCUT2D eigenvalue weighted by Crippen LogP contribution is -2.40. The summed E-state index contributed by atoms with van der Waals surface area (Å²) in [6.45, 7) is 4.43. The Labute approximate surface area is 181 Å². The third kappa shape index (κ3) is 4.22. The standard InChI is InChI=1S/C24H26N6O/c1-17-25-12-14-30(17)20-10-8-19(9-11-20)26-24(31)18-5-4-13-29(15-18)16-23-27-21-6-2-3-7-22(21)28-23/h2-3,6-12,14,18H,4-5,13,15-16H2,1H3,(H,26,31)(H,27,28)/t18-/m1/s1. The Balaban J connectivity index is 1.21. The van der Waals surface area contributed by atoms with Crippen molar-refractivity contribution < 1.29 is 4.79 Å². The van der Waals surface area contributed by atoms with E-state index < -0.39 is 0 Å². The number of carbonyl (C=O) groups excluding carboxylic acids is 1. The Morgan fingerprint density at radius 3 is 2.81 bits per heavy atom. The van der Waals surface area contributed by atoms with Gasteiger partial charge in [0.15, 0.2) is 0 Å². The van der Waals surface area contributed by atoms with Crippen LogP contribution < -0.4 is 5.32 Å². The summed E-state index contributed by atoms with van der Waals surface area (Å²) in [4.78, 5) is 27.5. The van der Waals surface area contributed by atoms with Crippen molar-refractivity contribution in [2.45, 2.75) is 26.3 Å². The molecule has 1 saturated heterocycles. The Hall–Kier alpha value is -3.45. The fourth-order valence-corrected chi connectivity index (χ4v) is 4.31. The van der Waals surface area contributed by atoms with Crippen LogP contribution in [0.5, 0.6) is 0 Å². The Bertz CT molecular complexity index is 1160. The molecule has 4 aromatic rings. The molecule has 2 aromatic heterocycles. The van der Waals surface area contributed by atoms with Crippen LogP contribution in [0, 0.1) is 12.8 Å². The predicted octanol–water partition coefficient (Wildman–Crippen LogP) is 3.91. The minimum Gasteiger partial charge on any atom is -0.341 e. The highest BCUT2D eigenvalue weighted by Gasteiger charge is 2.26. The van der Waals surface area contributed by atoms with Crippen molar-refractivity contribution in [3.63, 3.8) is 0 Å². The Morgan fingerprint density at radius 1 is 1.19 bits per heavy atom. The second-order valence-corrected chi connectivity index (χ2v) is 8.16. The number of anilines is 1. The number of H-pyrrole nitrogens is 1. The van der Waals surface area contributed by atoms with Gasteiger partial charge in [0.25, 0.3) is 0 Å². The van der Waals surface area contributed by atoms with Crippen molar-refractivity contribution >= 4 is 22.6 Å². The number of fused-ring (bicyclic) bond motifs is 1. The summed E-state index contributed by atoms with van der Waals surface area (Å²) in [5.41, 5.74) is 3.89. The average molecular weight is 415 g/mol. The second kappa shape index (κ2) is 8.35. The molecule has 1 aliphatic heterocycles. The number of aryl methyl sites for hydroxylation is 1. The number of benzene rings is 2. The highest BCUT2D eigenvalue weighted by molar-refractivity contribution is 5.92. The topological polar surface area (TPSA) is 78.8 Å². The number of hydrogen-bond acceptors (Lipinski definition) is 4. The van der Waals surface area contributed by atoms with E-state index in [9.17, 15) is 4.79 Å². The minimum absolute atomic E-state index is 0.0197. The van der Waals surface area contributed by atoms with E-state index in [1.165, 1.54) is 0 Å². The number of nitrogens with one attached hydrogen (secondary N) is 2. The van der Waals surface area contributed by atoms with Gasteiger partial charge in [-0.25, -0.2) is 9.97 Å². The summed E-state index contributed by atoms with van der Waals surface area (Å²) in [7, 11) is 0. The van der Waals surface area contributed by atoms with Gasteiger partial charge in [0, 0.05) is 30.3 Å². The number of para-hydroxylation sites is 2. The van der Waals surface area contributed by atoms with Gasteiger partial charge in [0.2, 0.25) is 5.91 Å². The van der Waals surface area contributed by atoms with Crippen LogP contribution >= 0.6 is 0 Å². The summed E-state index contributed by atoms with van der Waals surface area (Å²) in [5, 5.41) is 3.09. The van der Waals surface area contributed by atoms with Gasteiger partial charge in [-0.05, 0) is 62.7 Å². The van der Waals surface area contributed by atoms with Crippen LogP contribution in [-0.4, -0.2) is 43.4 Å². The third-order valence-corrected chi connectivity index (χ3v) is 5.93. The lowest BCUT2D eigenvalue weighted by molar-refractivity contribution is -0.121. The first-order valence-corrected chi connectivity index (χ1v) is 10.7. The number of aromatic nitrogens is 4. The van der Waals surface area contributed by atoms with Gasteiger partial charge >= 0.3 is 0 Å². The molecular formula is C24H26N6O. The molecule has 7 nitrogen and oxygen atoms in total. The zero-order valence-corrected chi connectivity index (χ0v) is 17.6. The molecule has 7 heteroatoms. The molecule has 158 valence electrons. The van der Waals surface area contributed by atoms with E-state index in [1.54, 1.807) is 6.20 Å². The number of piperidine rings is 1. The highest BCUT2D eigenvalue weighted by atomic mass is 16.1. The lowest BCUT2D eigenvalue weighted by Gasteiger charge is -2.31. The molecule has 0 aliphatic carbocycles. The molecule has 2 aromatic carbocycles. The molecule has 0 bridgehead atoms. The molecule has 0 unspecified atom stereocenters. The molecular weight excluding hydrogens is 388 g/mol. The second-order valence-electron chi connectivity index (χ2n) is 8.16. The van der Waals surface area contributed by atoms with E-state index in [1.807, 2.05) is 66.2 Å². The molecule has 31 heavy (non-hydrogen) atoms. The maximum atomic E-state index is 12.9. The fraction of sp³-hybridized carbons (Fsp3) is 0.292. The summed E-state index contributed by atoms with van der Waals surface area (Å²) >= 11 is 0. The maximum absolute atomic E-state index is 12.9. The molecule has 3 heterocycles. The molecule has 0 radical (unpaired) electrons. The molecule has 2 N–H and O–H groups in total. The average Bonchev–Trinajstić information content (AvgIpc) is 3.40. The maximum Gasteiger partial charge on any atom is 0.228 e. The zero-order chi connectivity index (χ0) is 21.2. The first-order valence-electron chi connectivity index (χ1n) is 10.7. The van der Waals surface area contributed by atoms with Crippen LogP contribution in [0.4, 0.5) is 5.69 Å². The van der Waals surface area contributed by atoms with E-state index in [0.29, 0.717) is 0 Å². The van der Waals surface area contributed by atoms with E-state index >= 15 is 0 Å². The highest BCUT2D eigenvalue weighted by Crippen LogP contribution is 2.22. The molecule has 1 fully saturated rings. The van der Waals surface area contributed by atoms with Gasteiger partial charge in [-0.15, -0.1) is 0 Å². The number of rotatable bonds is 5. The van der Waals surface area contributed by atoms with Gasteiger partial charge in [0.1, 0.15) is 11.6 Å². The number of hydrogen-bond donors (Lipinski definition) is 2. The van der Waals surface area contributed by atoms with Crippen molar-refractivity contribution in [2.75, 3.05) is 18.4 Å². The smallest absolute Gasteiger partial charge is 0.228 e. The van der Waals surface area contributed by atoms with Gasteiger partial charge < -0.3 is 14.9 Å². The van der Waals surface area contributed by atoms with Crippen LogP contribution in [-0.2, 0) is 11.3 Å². The van der Waals surface area contributed by atoms with Crippen molar-refractivity contribution in [3.8, 4) is 5.69 Å². The number of aromatic amines is 1. The molecule has 1 atom stereocenters. The number of nitrogens with zero attached hydrogens (tertiary/aromatic N) is 4. The van der Waals surface area contributed by atoms with Gasteiger partial charge in [-0.2, -0.15) is 0 Å². The normalized spacial score (nSPS) is 17.1. The van der Waals surface area contributed by atoms with E-state index in [0.717, 1.165) is 66.5 Å². The first-order chi connectivity index (χ1) is 15.2. The van der Waals surface area contributed by atoms with Gasteiger partial charge in [-0.1, -0.05) is 12.1 Å². The van der Waals surface area contributed by atoms with Crippen LogP contribution in [0.2, 0.25) is 0 Å². The monoisotopic (exact) mass is 414 g/mol. The Morgan fingerprint density at radius 2 is 2.03 bits per heavy atom. The van der Waals surface area contributed by atoms with E-state index in [2.05, 4.69) is 25.2 Å². The van der Waals surface area contributed by atoms with Crippen LogP contribution in [0.15, 0.2) is 60.9 Å². The van der Waals surface area contributed by atoms with E-state index in [4.69, 9.17) is 0 Å². The largest absolute Gasteiger partial charge is 0.341 e. The van der Waals surface area contributed by atoms with Crippen molar-refractivity contribution in [3.05, 3.63) is 72.6 Å². The zero-order valence-electron chi connectivity index (χ0n) is 17.6. The summed E-state index contributed by atoms with van der Waals surface area (Å²) in [6.07, 6.45) is 5.64. The fourth-order valence-electron chi connectivity index (χ4n) is 4.31. The molecule has 5 rings (SSSR count). The van der Waals surface area contributed by atoms with Crippen LogP contribution in [0.1, 0.15) is 24.5 Å². The molecule has 0 spiro atoms. The number of likely N-dealkylation sites (tertiary alicyclic amines) is 1. The summed E-state index contributed by atoms with van der Waals surface area (Å²) in [5.74, 6) is 1.95. The minimum atomic E-state index is -0.0197.